The molecule has 0 N–H and O–H groups in total. The lowest BCUT2D eigenvalue weighted by Crippen LogP contribution is -2.61. The topological polar surface area (TPSA) is 6.48 Å². The van der Waals surface area contributed by atoms with Crippen LogP contribution in [0, 0.1) is 23.2 Å². The Morgan fingerprint density at radius 3 is 2.33 bits per heavy atom. The Labute approximate surface area is 112 Å². The molecule has 3 fully saturated rings. The standard InChI is InChI=1S/C16H26N2/c1-3-4-14-5-7-15(8-6-14)18-12-16(13-18)9-10-17(2)11-16/h14-15H,5-13H2,1-2H3. The quantitative estimate of drug-likeness (QED) is 0.655. The maximum atomic E-state index is 3.36. The molecule has 0 aromatic carbocycles. The molecule has 2 heteroatoms. The summed E-state index contributed by atoms with van der Waals surface area (Å²) in [6, 6.07) is 0.872. The lowest BCUT2D eigenvalue weighted by atomic mass is 9.75. The van der Waals surface area contributed by atoms with Gasteiger partial charge in [0.2, 0.25) is 0 Å². The Kier molecular flexibility index (Phi) is 3.38. The van der Waals surface area contributed by atoms with Crippen molar-refractivity contribution in [3.05, 3.63) is 0 Å². The molecule has 2 nitrogen and oxygen atoms in total. The van der Waals surface area contributed by atoms with Crippen LogP contribution < -0.4 is 0 Å². The van der Waals surface area contributed by atoms with Crippen molar-refractivity contribution in [3.8, 4) is 11.8 Å². The minimum atomic E-state index is 0.675. The Morgan fingerprint density at radius 2 is 1.78 bits per heavy atom. The molecule has 0 amide bonds. The minimum absolute atomic E-state index is 0.675. The summed E-state index contributed by atoms with van der Waals surface area (Å²) in [5.41, 5.74) is 0.675. The maximum Gasteiger partial charge on any atom is 0.0203 e. The summed E-state index contributed by atoms with van der Waals surface area (Å²) in [5.74, 6) is 7.14. The first-order valence-electron chi connectivity index (χ1n) is 7.56. The second kappa shape index (κ2) is 4.87. The molecule has 2 aliphatic heterocycles. The molecule has 0 radical (unpaired) electrons. The van der Waals surface area contributed by atoms with Gasteiger partial charge in [0.1, 0.15) is 0 Å². The van der Waals surface area contributed by atoms with Crippen molar-refractivity contribution < 1.29 is 0 Å². The van der Waals surface area contributed by atoms with Crippen molar-refractivity contribution in [2.75, 3.05) is 33.2 Å². The van der Waals surface area contributed by atoms with E-state index in [4.69, 9.17) is 0 Å². The molecule has 0 aromatic rings. The monoisotopic (exact) mass is 246 g/mol. The number of likely N-dealkylation sites (tertiary alicyclic amines) is 2. The van der Waals surface area contributed by atoms with E-state index in [2.05, 4.69) is 28.7 Å². The van der Waals surface area contributed by atoms with Crippen LogP contribution in [0.1, 0.15) is 39.0 Å². The van der Waals surface area contributed by atoms with Crippen LogP contribution in [-0.2, 0) is 0 Å². The molecule has 1 aliphatic carbocycles. The Balaban J connectivity index is 1.47. The van der Waals surface area contributed by atoms with Gasteiger partial charge in [-0.3, -0.25) is 4.90 Å². The molecule has 2 heterocycles. The Morgan fingerprint density at radius 1 is 1.06 bits per heavy atom. The van der Waals surface area contributed by atoms with E-state index in [9.17, 15) is 0 Å². The molecule has 0 aromatic heterocycles. The highest BCUT2D eigenvalue weighted by Gasteiger charge is 2.48. The number of nitrogens with zero attached hydrogens (tertiary/aromatic N) is 2. The highest BCUT2D eigenvalue weighted by atomic mass is 15.3. The number of hydrogen-bond donors (Lipinski definition) is 0. The maximum absolute atomic E-state index is 3.36. The van der Waals surface area contributed by atoms with Gasteiger partial charge >= 0.3 is 0 Å². The van der Waals surface area contributed by atoms with Crippen LogP contribution in [-0.4, -0.2) is 49.1 Å². The van der Waals surface area contributed by atoms with Crippen LogP contribution in [0.15, 0.2) is 0 Å². The summed E-state index contributed by atoms with van der Waals surface area (Å²) in [5, 5.41) is 0. The fourth-order valence-electron chi connectivity index (χ4n) is 4.28. The smallest absolute Gasteiger partial charge is 0.0203 e. The van der Waals surface area contributed by atoms with E-state index < -0.39 is 0 Å². The van der Waals surface area contributed by atoms with E-state index in [1.807, 2.05) is 6.92 Å². The zero-order valence-electron chi connectivity index (χ0n) is 11.9. The Hall–Kier alpha value is -0.520. The molecule has 18 heavy (non-hydrogen) atoms. The van der Waals surface area contributed by atoms with Gasteiger partial charge in [0.25, 0.3) is 0 Å². The minimum Gasteiger partial charge on any atom is -0.306 e. The zero-order chi connectivity index (χ0) is 12.6. The largest absolute Gasteiger partial charge is 0.306 e. The third kappa shape index (κ3) is 2.31. The summed E-state index contributed by atoms with van der Waals surface area (Å²) in [6.07, 6.45) is 6.84. The van der Waals surface area contributed by atoms with E-state index in [1.54, 1.807) is 0 Å². The molecule has 0 atom stereocenters. The number of hydrogen-bond acceptors (Lipinski definition) is 2. The van der Waals surface area contributed by atoms with Crippen molar-refractivity contribution in [1.82, 2.24) is 9.80 Å². The van der Waals surface area contributed by atoms with Crippen LogP contribution in [0.5, 0.6) is 0 Å². The normalized spacial score (nSPS) is 36.1. The predicted octanol–water partition coefficient (Wildman–Crippen LogP) is 2.21. The molecule has 3 rings (SSSR count). The summed E-state index contributed by atoms with van der Waals surface area (Å²) in [4.78, 5) is 5.26. The van der Waals surface area contributed by atoms with Crippen LogP contribution in [0.4, 0.5) is 0 Å². The van der Waals surface area contributed by atoms with Crippen molar-refractivity contribution in [1.29, 1.82) is 0 Å². The van der Waals surface area contributed by atoms with Gasteiger partial charge in [-0.2, -0.15) is 0 Å². The average Bonchev–Trinajstić information content (AvgIpc) is 2.71. The molecule has 1 saturated carbocycles. The SMILES string of the molecule is CC#CC1CCC(N2CC3(CCN(C)C3)C2)CC1. The highest BCUT2D eigenvalue weighted by molar-refractivity contribution is 5.06. The van der Waals surface area contributed by atoms with Crippen molar-refractivity contribution in [3.63, 3.8) is 0 Å². The highest BCUT2D eigenvalue weighted by Crippen LogP contribution is 2.42. The summed E-state index contributed by atoms with van der Waals surface area (Å²) < 4.78 is 0. The second-order valence-corrected chi connectivity index (χ2v) is 6.79. The van der Waals surface area contributed by atoms with Gasteiger partial charge in [-0.25, -0.2) is 0 Å². The fraction of sp³-hybridized carbons (Fsp3) is 0.875. The first-order chi connectivity index (χ1) is 8.71. The third-order valence-corrected chi connectivity index (χ3v) is 5.27. The first kappa shape index (κ1) is 12.5. The first-order valence-corrected chi connectivity index (χ1v) is 7.56. The zero-order valence-corrected chi connectivity index (χ0v) is 11.9. The van der Waals surface area contributed by atoms with E-state index in [0.717, 1.165) is 6.04 Å². The van der Waals surface area contributed by atoms with Gasteiger partial charge < -0.3 is 4.90 Å². The molecule has 2 saturated heterocycles. The average molecular weight is 246 g/mol. The van der Waals surface area contributed by atoms with E-state index in [1.165, 1.54) is 58.3 Å². The molecule has 100 valence electrons. The lowest BCUT2D eigenvalue weighted by molar-refractivity contribution is -0.0352. The molecule has 1 spiro atoms. The van der Waals surface area contributed by atoms with E-state index in [0.29, 0.717) is 11.3 Å². The molecule has 0 unspecified atom stereocenters. The van der Waals surface area contributed by atoms with E-state index in [-0.39, 0.29) is 0 Å². The van der Waals surface area contributed by atoms with Gasteiger partial charge in [-0.1, -0.05) is 0 Å². The Bertz CT molecular complexity index is 351. The van der Waals surface area contributed by atoms with Crippen LogP contribution in [0.25, 0.3) is 0 Å². The molecular weight excluding hydrogens is 220 g/mol. The predicted molar refractivity (Wildman–Crippen MR) is 75.3 cm³/mol. The third-order valence-electron chi connectivity index (χ3n) is 5.27. The van der Waals surface area contributed by atoms with Crippen molar-refractivity contribution in [2.24, 2.45) is 11.3 Å². The fourth-order valence-corrected chi connectivity index (χ4v) is 4.28. The van der Waals surface area contributed by atoms with Crippen LogP contribution in [0.2, 0.25) is 0 Å². The summed E-state index contributed by atoms with van der Waals surface area (Å²) in [6.45, 7) is 7.35. The number of rotatable bonds is 1. The van der Waals surface area contributed by atoms with Crippen molar-refractivity contribution in [2.45, 2.75) is 45.1 Å². The van der Waals surface area contributed by atoms with Crippen LogP contribution >= 0.6 is 0 Å². The second-order valence-electron chi connectivity index (χ2n) is 6.79. The summed E-state index contributed by atoms with van der Waals surface area (Å²) >= 11 is 0. The van der Waals surface area contributed by atoms with Gasteiger partial charge in [-0.15, -0.1) is 11.8 Å². The molecule has 0 bridgehead atoms. The van der Waals surface area contributed by atoms with Gasteiger partial charge in [0.05, 0.1) is 0 Å². The van der Waals surface area contributed by atoms with E-state index >= 15 is 0 Å². The van der Waals surface area contributed by atoms with Crippen molar-refractivity contribution >= 4 is 0 Å². The van der Waals surface area contributed by atoms with Crippen LogP contribution in [0.3, 0.4) is 0 Å². The lowest BCUT2D eigenvalue weighted by Gasteiger charge is -2.53. The summed E-state index contributed by atoms with van der Waals surface area (Å²) in [7, 11) is 2.27. The molecule has 3 aliphatic rings. The van der Waals surface area contributed by atoms with Gasteiger partial charge in [0, 0.05) is 37.0 Å². The van der Waals surface area contributed by atoms with Gasteiger partial charge in [0.15, 0.2) is 0 Å². The van der Waals surface area contributed by atoms with Gasteiger partial charge in [-0.05, 0) is 52.6 Å². The molecular formula is C16H26N2.